The number of allylic oxidation sites excluding steroid dienone is 2. The number of unbranched alkanes of at least 4 members (excludes halogenated alkanes) is 24. The Morgan fingerprint density at radius 3 is 1.42 bits per heavy atom. The number of phosphoric acid groups is 1. The maximum Gasteiger partial charge on any atom is 0.472 e. The van der Waals surface area contributed by atoms with Crippen LogP contribution in [0.25, 0.3) is 0 Å². The summed E-state index contributed by atoms with van der Waals surface area (Å²) in [4.78, 5) is 34.8. The van der Waals surface area contributed by atoms with Gasteiger partial charge in [-0.25, -0.2) is 4.57 Å². The second-order valence-corrected chi connectivity index (χ2v) is 15.3. The van der Waals surface area contributed by atoms with Gasteiger partial charge in [-0.15, -0.1) is 0 Å². The van der Waals surface area contributed by atoms with Gasteiger partial charge in [0.15, 0.2) is 6.10 Å². The van der Waals surface area contributed by atoms with Crippen LogP contribution in [-0.4, -0.2) is 49.3 Å². The van der Waals surface area contributed by atoms with Gasteiger partial charge in [-0.1, -0.05) is 161 Å². The molecule has 0 heterocycles. The molecule has 0 radical (unpaired) electrons. The number of carbonyl (C=O) groups is 2. The first-order valence-corrected chi connectivity index (χ1v) is 22.2. The Labute approximate surface area is 307 Å². The molecule has 0 saturated heterocycles. The molecule has 0 saturated carbocycles. The second kappa shape index (κ2) is 37.5. The molecule has 2 atom stereocenters. The highest BCUT2D eigenvalue weighted by atomic mass is 31.2. The highest BCUT2D eigenvalue weighted by Crippen LogP contribution is 2.43. The van der Waals surface area contributed by atoms with Crippen molar-refractivity contribution in [3.63, 3.8) is 0 Å². The van der Waals surface area contributed by atoms with Gasteiger partial charge in [0, 0.05) is 19.4 Å². The largest absolute Gasteiger partial charge is 0.472 e. The molecule has 0 aromatic rings. The van der Waals surface area contributed by atoms with Crippen LogP contribution in [0.5, 0.6) is 0 Å². The third-order valence-electron chi connectivity index (χ3n) is 8.90. The van der Waals surface area contributed by atoms with E-state index in [2.05, 4.69) is 26.0 Å². The number of hydrogen-bond acceptors (Lipinski definition) is 8. The second-order valence-electron chi connectivity index (χ2n) is 13.9. The zero-order valence-corrected chi connectivity index (χ0v) is 33.3. The summed E-state index contributed by atoms with van der Waals surface area (Å²) in [7, 11) is -4.37. The van der Waals surface area contributed by atoms with Crippen molar-refractivity contribution in [1.29, 1.82) is 0 Å². The summed E-state index contributed by atoms with van der Waals surface area (Å²) in [5.41, 5.74) is 5.34. The van der Waals surface area contributed by atoms with Gasteiger partial charge in [-0.05, 0) is 38.5 Å². The van der Waals surface area contributed by atoms with Crippen LogP contribution >= 0.6 is 7.82 Å². The van der Waals surface area contributed by atoms with Crippen molar-refractivity contribution in [1.82, 2.24) is 0 Å². The Morgan fingerprint density at radius 1 is 0.580 bits per heavy atom. The Hall–Kier alpha value is -1.25. The maximum atomic E-state index is 12.5. The first-order chi connectivity index (χ1) is 24.3. The van der Waals surface area contributed by atoms with Crippen molar-refractivity contribution >= 4 is 19.8 Å². The van der Waals surface area contributed by atoms with Crippen LogP contribution in [0.2, 0.25) is 0 Å². The smallest absolute Gasteiger partial charge is 0.462 e. The summed E-state index contributed by atoms with van der Waals surface area (Å²) in [6, 6.07) is 0. The fraction of sp³-hybridized carbons (Fsp3) is 0.900. The molecule has 0 aliphatic carbocycles. The lowest BCUT2D eigenvalue weighted by atomic mass is 10.0. The normalized spacial score (nSPS) is 13.4. The molecule has 0 bridgehead atoms. The molecule has 0 aromatic heterocycles. The number of carbonyl (C=O) groups excluding carboxylic acids is 2. The fourth-order valence-electron chi connectivity index (χ4n) is 5.81. The van der Waals surface area contributed by atoms with Gasteiger partial charge in [0.25, 0.3) is 0 Å². The lowest BCUT2D eigenvalue weighted by Crippen LogP contribution is -2.29. The topological polar surface area (TPSA) is 134 Å². The summed E-state index contributed by atoms with van der Waals surface area (Å²) >= 11 is 0. The van der Waals surface area contributed by atoms with Crippen molar-refractivity contribution in [2.24, 2.45) is 5.73 Å². The van der Waals surface area contributed by atoms with E-state index in [-0.39, 0.29) is 38.6 Å². The minimum atomic E-state index is -4.37. The van der Waals surface area contributed by atoms with Gasteiger partial charge in [0.05, 0.1) is 13.2 Å². The third-order valence-corrected chi connectivity index (χ3v) is 9.89. The third kappa shape index (κ3) is 36.5. The van der Waals surface area contributed by atoms with E-state index >= 15 is 0 Å². The van der Waals surface area contributed by atoms with Crippen molar-refractivity contribution < 1.29 is 37.6 Å². The van der Waals surface area contributed by atoms with E-state index in [4.69, 9.17) is 24.3 Å². The monoisotopic (exact) mass is 732 g/mol. The number of nitrogens with two attached hydrogens (primary N) is 1. The quantitative estimate of drug-likeness (QED) is 0.0274. The van der Waals surface area contributed by atoms with Gasteiger partial charge in [-0.2, -0.15) is 0 Å². The molecule has 296 valence electrons. The molecule has 0 aliphatic heterocycles. The molecule has 10 heteroatoms. The highest BCUT2D eigenvalue weighted by molar-refractivity contribution is 7.47. The first kappa shape index (κ1) is 48.8. The van der Waals surface area contributed by atoms with E-state index in [0.29, 0.717) is 6.42 Å². The number of esters is 2. The zero-order valence-electron chi connectivity index (χ0n) is 32.4. The summed E-state index contributed by atoms with van der Waals surface area (Å²) in [5, 5.41) is 0. The minimum absolute atomic E-state index is 0.0547. The molecular formula is C40H78NO8P. The maximum absolute atomic E-state index is 12.5. The predicted octanol–water partition coefficient (Wildman–Crippen LogP) is 11.4. The number of phosphoric ester groups is 1. The first-order valence-electron chi connectivity index (χ1n) is 20.7. The van der Waals surface area contributed by atoms with Crippen molar-refractivity contribution in [3.05, 3.63) is 12.2 Å². The summed E-state index contributed by atoms with van der Waals surface area (Å²) in [5.74, 6) is -0.830. The lowest BCUT2D eigenvalue weighted by molar-refractivity contribution is -0.161. The van der Waals surface area contributed by atoms with Gasteiger partial charge in [-0.3, -0.25) is 18.6 Å². The molecule has 0 aliphatic rings. The lowest BCUT2D eigenvalue weighted by Gasteiger charge is -2.19. The van der Waals surface area contributed by atoms with Crippen LogP contribution in [-0.2, 0) is 32.7 Å². The summed E-state index contributed by atoms with van der Waals surface area (Å²) in [6.45, 7) is 3.73. The molecular weight excluding hydrogens is 653 g/mol. The van der Waals surface area contributed by atoms with Crippen molar-refractivity contribution in [2.45, 2.75) is 206 Å². The minimum Gasteiger partial charge on any atom is -0.462 e. The predicted molar refractivity (Wildman–Crippen MR) is 206 cm³/mol. The molecule has 0 fully saturated rings. The Bertz CT molecular complexity index is 840. The van der Waals surface area contributed by atoms with Crippen LogP contribution < -0.4 is 5.73 Å². The van der Waals surface area contributed by atoms with Crippen molar-refractivity contribution in [3.8, 4) is 0 Å². The van der Waals surface area contributed by atoms with E-state index in [1.165, 1.54) is 116 Å². The summed E-state index contributed by atoms with van der Waals surface area (Å²) < 4.78 is 32.7. The number of hydrogen-bond donors (Lipinski definition) is 2. The number of ether oxygens (including phenoxy) is 2. The van der Waals surface area contributed by atoms with E-state index < -0.39 is 26.5 Å². The van der Waals surface area contributed by atoms with Gasteiger partial charge in [0.2, 0.25) is 0 Å². The van der Waals surface area contributed by atoms with Crippen LogP contribution in [0.3, 0.4) is 0 Å². The van der Waals surface area contributed by atoms with Crippen LogP contribution in [0.4, 0.5) is 0 Å². The molecule has 9 nitrogen and oxygen atoms in total. The molecule has 50 heavy (non-hydrogen) atoms. The Morgan fingerprint density at radius 2 is 0.980 bits per heavy atom. The fourth-order valence-corrected chi connectivity index (χ4v) is 6.57. The van der Waals surface area contributed by atoms with E-state index in [1.807, 2.05) is 0 Å². The molecule has 0 rings (SSSR count). The van der Waals surface area contributed by atoms with E-state index in [9.17, 15) is 19.0 Å². The van der Waals surface area contributed by atoms with Crippen molar-refractivity contribution in [2.75, 3.05) is 26.4 Å². The van der Waals surface area contributed by atoms with Gasteiger partial charge >= 0.3 is 19.8 Å². The molecule has 0 amide bonds. The Kier molecular flexibility index (Phi) is 36.6. The molecule has 2 unspecified atom stereocenters. The summed E-state index contributed by atoms with van der Waals surface area (Å²) in [6.07, 6.45) is 36.6. The van der Waals surface area contributed by atoms with E-state index in [1.54, 1.807) is 0 Å². The van der Waals surface area contributed by atoms with Gasteiger partial charge in [0.1, 0.15) is 6.61 Å². The zero-order chi connectivity index (χ0) is 36.8. The van der Waals surface area contributed by atoms with Gasteiger partial charge < -0.3 is 20.1 Å². The highest BCUT2D eigenvalue weighted by Gasteiger charge is 2.26. The van der Waals surface area contributed by atoms with Crippen LogP contribution in [0.15, 0.2) is 12.2 Å². The van der Waals surface area contributed by atoms with E-state index in [0.717, 1.165) is 51.4 Å². The number of rotatable bonds is 39. The standard InChI is InChI=1S/C40H78NO8P/c1-3-5-7-9-11-13-15-17-18-19-21-23-25-27-29-31-33-40(43)49-38(37-48-50(44,45)47-35-34-41)36-46-39(42)32-30-28-26-24-22-20-16-14-12-10-8-6-4-2/h18-19,38H,3-17,20-37,41H2,1-2H3,(H,44,45)/b19-18-. The SMILES string of the molecule is CCCCCCCCC/C=C\CCCCCCCC(=O)OC(COC(=O)CCCCCCCCCCCCCCC)COP(=O)(O)OCCN. The van der Waals surface area contributed by atoms with Crippen LogP contribution in [0.1, 0.15) is 200 Å². The van der Waals surface area contributed by atoms with Crippen LogP contribution in [0, 0.1) is 0 Å². The molecule has 0 spiro atoms. The molecule has 3 N–H and O–H groups in total. The average Bonchev–Trinajstić information content (AvgIpc) is 3.10. The Balaban J connectivity index is 4.17. The average molecular weight is 732 g/mol. The molecule has 0 aromatic carbocycles.